The maximum Gasteiger partial charge on any atom is 0.416 e. The third-order valence-corrected chi connectivity index (χ3v) is 4.64. The van der Waals surface area contributed by atoms with Crippen molar-refractivity contribution < 1.29 is 13.2 Å². The molecule has 0 saturated heterocycles. The molecule has 0 radical (unpaired) electrons. The number of anilines is 1. The van der Waals surface area contributed by atoms with Crippen LogP contribution in [-0.2, 0) is 19.3 Å². The van der Waals surface area contributed by atoms with Crippen LogP contribution in [0.3, 0.4) is 0 Å². The predicted octanol–water partition coefficient (Wildman–Crippen LogP) is 1.21. The Morgan fingerprint density at radius 3 is 2.15 bits per heavy atom. The zero-order chi connectivity index (χ0) is 24.0. The minimum atomic E-state index is -4.47. The van der Waals surface area contributed by atoms with Gasteiger partial charge < -0.3 is 16.8 Å². The fourth-order valence-electron chi connectivity index (χ4n) is 3.04. The van der Waals surface area contributed by atoms with Crippen LogP contribution >= 0.6 is 0 Å². The largest absolute Gasteiger partial charge is 0.416 e. The Hall–Kier alpha value is -4.09. The quantitative estimate of drug-likeness (QED) is 0.262. The lowest BCUT2D eigenvalue weighted by molar-refractivity contribution is -0.137. The topological polar surface area (TPSA) is 133 Å². The van der Waals surface area contributed by atoms with Gasteiger partial charge in [-0.2, -0.15) is 18.2 Å². The average molecular weight is 461 g/mol. The molecule has 0 aliphatic carbocycles. The van der Waals surface area contributed by atoms with Gasteiger partial charge in [-0.15, -0.1) is 0 Å². The number of aliphatic imine (C=N–C) groups is 1. The van der Waals surface area contributed by atoms with Crippen LogP contribution in [-0.4, -0.2) is 33.2 Å². The maximum absolute atomic E-state index is 13.2. The number of nitrogens with zero attached hydrogens (tertiary/aromatic N) is 4. The molecule has 0 aliphatic heterocycles. The number of nitrogens with two attached hydrogens (primary N) is 2. The number of guanidine groups is 1. The van der Waals surface area contributed by atoms with Gasteiger partial charge in [-0.25, -0.2) is 14.2 Å². The molecule has 5 N–H and O–H groups in total. The second-order valence-corrected chi connectivity index (χ2v) is 7.09. The Bertz CT molecular complexity index is 1230. The van der Waals surface area contributed by atoms with E-state index in [2.05, 4.69) is 15.3 Å². The van der Waals surface area contributed by atoms with Crippen LogP contribution in [0.15, 0.2) is 69.2 Å². The van der Waals surface area contributed by atoms with Gasteiger partial charge in [0.2, 0.25) is 5.95 Å². The van der Waals surface area contributed by atoms with Crippen molar-refractivity contribution in [3.63, 3.8) is 0 Å². The van der Waals surface area contributed by atoms with E-state index in [1.165, 1.54) is 16.7 Å². The summed E-state index contributed by atoms with van der Waals surface area (Å²) >= 11 is 0. The Morgan fingerprint density at radius 1 is 0.939 bits per heavy atom. The number of alkyl halides is 3. The molecule has 0 saturated carbocycles. The third kappa shape index (κ3) is 6.21. The molecule has 3 aromatic rings. The number of aromatic nitrogens is 3. The zero-order valence-corrected chi connectivity index (χ0v) is 17.4. The highest BCUT2D eigenvalue weighted by atomic mass is 19.4. The lowest BCUT2D eigenvalue weighted by Gasteiger charge is -2.16. The molecule has 12 heteroatoms. The van der Waals surface area contributed by atoms with Gasteiger partial charge in [0, 0.05) is 6.54 Å². The second-order valence-electron chi connectivity index (χ2n) is 7.09. The summed E-state index contributed by atoms with van der Waals surface area (Å²) in [4.78, 5) is 33.5. The van der Waals surface area contributed by atoms with Gasteiger partial charge in [0.15, 0.2) is 5.96 Å². The van der Waals surface area contributed by atoms with E-state index in [1.807, 2.05) is 0 Å². The predicted molar refractivity (Wildman–Crippen MR) is 118 cm³/mol. The normalized spacial score (nSPS) is 11.2. The Kier molecular flexibility index (Phi) is 7.16. The van der Waals surface area contributed by atoms with Crippen molar-refractivity contribution in [3.05, 3.63) is 92.3 Å². The summed E-state index contributed by atoms with van der Waals surface area (Å²) in [5.41, 5.74) is 9.47. The first-order chi connectivity index (χ1) is 15.6. The first-order valence-corrected chi connectivity index (χ1v) is 9.86. The fourth-order valence-corrected chi connectivity index (χ4v) is 3.04. The SMILES string of the molecule is NC(N)=NCCNc1nc(=O)n(Cc2ccccc2)c(=O)n1Cc1ccc(C(F)(F)F)cc1. The van der Waals surface area contributed by atoms with E-state index < -0.39 is 23.1 Å². The Morgan fingerprint density at radius 2 is 1.55 bits per heavy atom. The number of nitrogens with one attached hydrogen (secondary N) is 1. The molecule has 0 fully saturated rings. The van der Waals surface area contributed by atoms with Crippen molar-refractivity contribution in [3.8, 4) is 0 Å². The van der Waals surface area contributed by atoms with Crippen LogP contribution in [0, 0.1) is 0 Å². The summed E-state index contributed by atoms with van der Waals surface area (Å²) in [7, 11) is 0. The van der Waals surface area contributed by atoms with Crippen LogP contribution in [0.2, 0.25) is 0 Å². The summed E-state index contributed by atoms with van der Waals surface area (Å²) in [6.07, 6.45) is -4.47. The highest BCUT2D eigenvalue weighted by Crippen LogP contribution is 2.29. The van der Waals surface area contributed by atoms with Gasteiger partial charge in [0.25, 0.3) is 0 Å². The van der Waals surface area contributed by atoms with Gasteiger partial charge >= 0.3 is 17.6 Å². The summed E-state index contributed by atoms with van der Waals surface area (Å²) in [5, 5.41) is 2.84. The van der Waals surface area contributed by atoms with Crippen molar-refractivity contribution in [1.29, 1.82) is 0 Å². The van der Waals surface area contributed by atoms with Crippen LogP contribution in [0.1, 0.15) is 16.7 Å². The van der Waals surface area contributed by atoms with Crippen LogP contribution < -0.4 is 28.2 Å². The monoisotopic (exact) mass is 461 g/mol. The maximum atomic E-state index is 13.2. The Labute approximate surface area is 186 Å². The highest BCUT2D eigenvalue weighted by Gasteiger charge is 2.30. The van der Waals surface area contributed by atoms with E-state index in [1.54, 1.807) is 30.3 Å². The van der Waals surface area contributed by atoms with Gasteiger partial charge in [-0.1, -0.05) is 42.5 Å². The van der Waals surface area contributed by atoms with Crippen LogP contribution in [0.4, 0.5) is 19.1 Å². The number of hydrogen-bond acceptors (Lipinski definition) is 5. The van der Waals surface area contributed by atoms with E-state index >= 15 is 0 Å². The van der Waals surface area contributed by atoms with Crippen molar-refractivity contribution in [2.24, 2.45) is 16.5 Å². The molecular formula is C21H22F3N7O2. The van der Waals surface area contributed by atoms with Crippen molar-refractivity contribution in [2.75, 3.05) is 18.4 Å². The molecule has 9 nitrogen and oxygen atoms in total. The molecule has 3 rings (SSSR count). The molecule has 174 valence electrons. The molecule has 1 aromatic heterocycles. The van der Waals surface area contributed by atoms with Gasteiger partial charge in [-0.05, 0) is 23.3 Å². The average Bonchev–Trinajstić information content (AvgIpc) is 2.77. The number of rotatable bonds is 8. The summed E-state index contributed by atoms with van der Waals surface area (Å²) in [5.74, 6) is -0.162. The van der Waals surface area contributed by atoms with Gasteiger partial charge in [-0.3, -0.25) is 9.56 Å². The summed E-state index contributed by atoms with van der Waals surface area (Å²) in [6, 6.07) is 13.3. The van der Waals surface area contributed by atoms with E-state index in [0.29, 0.717) is 11.1 Å². The molecule has 1 heterocycles. The van der Waals surface area contributed by atoms with Gasteiger partial charge in [0.1, 0.15) is 0 Å². The summed E-state index contributed by atoms with van der Waals surface area (Å²) in [6.45, 7) is 0.210. The van der Waals surface area contributed by atoms with E-state index in [-0.39, 0.29) is 38.1 Å². The van der Waals surface area contributed by atoms with Crippen LogP contribution in [0.5, 0.6) is 0 Å². The van der Waals surface area contributed by atoms with Crippen molar-refractivity contribution in [2.45, 2.75) is 19.3 Å². The van der Waals surface area contributed by atoms with Gasteiger partial charge in [0.05, 0.1) is 25.2 Å². The van der Waals surface area contributed by atoms with E-state index in [4.69, 9.17) is 11.5 Å². The van der Waals surface area contributed by atoms with Crippen molar-refractivity contribution >= 4 is 11.9 Å². The first kappa shape index (κ1) is 23.6. The molecule has 0 aliphatic rings. The lowest BCUT2D eigenvalue weighted by Crippen LogP contribution is -2.43. The first-order valence-electron chi connectivity index (χ1n) is 9.86. The zero-order valence-electron chi connectivity index (χ0n) is 17.4. The smallest absolute Gasteiger partial charge is 0.370 e. The highest BCUT2D eigenvalue weighted by molar-refractivity contribution is 5.75. The number of hydrogen-bond donors (Lipinski definition) is 3. The number of benzene rings is 2. The fraction of sp³-hybridized carbons (Fsp3) is 0.238. The van der Waals surface area contributed by atoms with E-state index in [9.17, 15) is 22.8 Å². The molecule has 2 aromatic carbocycles. The standard InChI is InChI=1S/C21H22F3N7O2/c22-21(23,24)16-8-6-15(7-9-16)12-30-18(28-11-10-27-17(25)26)29-19(32)31(20(30)33)13-14-4-2-1-3-5-14/h1-9H,10-13H2,(H4,25,26,27)(H,28,29,32). The lowest BCUT2D eigenvalue weighted by atomic mass is 10.1. The van der Waals surface area contributed by atoms with Crippen LogP contribution in [0.25, 0.3) is 0 Å². The van der Waals surface area contributed by atoms with E-state index in [0.717, 1.165) is 16.7 Å². The molecule has 0 bridgehead atoms. The molecule has 0 spiro atoms. The molecule has 0 unspecified atom stereocenters. The minimum absolute atomic E-state index is 0.00714. The number of halogens is 3. The molecule has 0 atom stereocenters. The third-order valence-electron chi connectivity index (χ3n) is 4.64. The van der Waals surface area contributed by atoms with Crippen molar-refractivity contribution in [1.82, 2.24) is 14.1 Å². The second kappa shape index (κ2) is 10.0. The summed E-state index contributed by atoms with van der Waals surface area (Å²) < 4.78 is 40.7. The molecule has 33 heavy (non-hydrogen) atoms. The minimum Gasteiger partial charge on any atom is -0.370 e. The molecular weight excluding hydrogens is 439 g/mol. The molecule has 0 amide bonds. The Balaban J connectivity index is 1.97.